The average molecular weight is 542 g/mol. The largest absolute Gasteiger partial charge is 0.456 e. The molecule has 9 aromatic rings. The van der Waals surface area contributed by atoms with Gasteiger partial charge in [0, 0.05) is 31.9 Å². The minimum Gasteiger partial charge on any atom is -0.456 e. The number of fused-ring (bicyclic) bond motifs is 8. The summed E-state index contributed by atoms with van der Waals surface area (Å²) in [6.07, 6.45) is 0. The maximum Gasteiger partial charge on any atom is 0.136 e. The first-order valence-electron chi connectivity index (χ1n) is 13.9. The van der Waals surface area contributed by atoms with Crippen LogP contribution in [0.15, 0.2) is 144 Å². The van der Waals surface area contributed by atoms with Crippen LogP contribution in [0.25, 0.3) is 81.1 Å². The van der Waals surface area contributed by atoms with Crippen LogP contribution in [0.1, 0.15) is 0 Å². The summed E-state index contributed by atoms with van der Waals surface area (Å²) in [5, 5.41) is 4.92. The number of hydrogen-bond donors (Lipinski definition) is 0. The van der Waals surface area contributed by atoms with E-state index in [1.54, 1.807) is 0 Å². The van der Waals surface area contributed by atoms with Crippen molar-refractivity contribution in [1.29, 1.82) is 0 Å². The Morgan fingerprint density at radius 2 is 1.10 bits per heavy atom. The smallest absolute Gasteiger partial charge is 0.136 e. The molecule has 0 amide bonds. The van der Waals surface area contributed by atoms with Gasteiger partial charge in [0.05, 0.1) is 15.7 Å². The summed E-state index contributed by atoms with van der Waals surface area (Å²) in [4.78, 5) is 0. The first-order chi connectivity index (χ1) is 20.3. The highest BCUT2D eigenvalue weighted by atomic mass is 32.1. The molecular formula is C38H23NOS. The lowest BCUT2D eigenvalue weighted by molar-refractivity contribution is 0.669. The van der Waals surface area contributed by atoms with Crippen LogP contribution in [0.5, 0.6) is 0 Å². The standard InChI is InChI=1S/C38H23NOS/c1-2-8-28(9-3-1)39-33-12-6-4-11-31(33)38-37(39)32-22-26(19-21-36(32)41-38)24-14-16-25(17-15-24)27-18-20-30-29-10-5-7-13-34(29)40-35(30)23-27/h1-23H. The van der Waals surface area contributed by atoms with E-state index >= 15 is 0 Å². The lowest BCUT2D eigenvalue weighted by Gasteiger charge is -2.09. The van der Waals surface area contributed by atoms with Gasteiger partial charge < -0.3 is 8.98 Å². The zero-order valence-corrected chi connectivity index (χ0v) is 22.9. The summed E-state index contributed by atoms with van der Waals surface area (Å²) in [7, 11) is 0. The third-order valence-corrected chi connectivity index (χ3v) is 9.41. The molecular weight excluding hydrogens is 518 g/mol. The molecule has 192 valence electrons. The summed E-state index contributed by atoms with van der Waals surface area (Å²) in [5.74, 6) is 0. The third kappa shape index (κ3) is 3.43. The Labute approximate surface area is 240 Å². The van der Waals surface area contributed by atoms with Gasteiger partial charge in [0.2, 0.25) is 0 Å². The van der Waals surface area contributed by atoms with Crippen LogP contribution in [-0.4, -0.2) is 4.57 Å². The lowest BCUT2D eigenvalue weighted by Crippen LogP contribution is -1.92. The van der Waals surface area contributed by atoms with E-state index in [1.807, 2.05) is 23.5 Å². The molecule has 6 aromatic carbocycles. The molecule has 0 atom stereocenters. The topological polar surface area (TPSA) is 18.1 Å². The minimum atomic E-state index is 0.925. The SMILES string of the molecule is c1ccc(-n2c3ccccc3c3sc4ccc(-c5ccc(-c6ccc7c(c6)oc6ccccc67)cc5)cc4c32)cc1. The number of furan rings is 1. The quantitative estimate of drug-likeness (QED) is 0.217. The van der Waals surface area contributed by atoms with Gasteiger partial charge in [-0.25, -0.2) is 0 Å². The second-order valence-corrected chi connectivity index (χ2v) is 11.6. The number of thiophene rings is 1. The monoisotopic (exact) mass is 541 g/mol. The zero-order valence-electron chi connectivity index (χ0n) is 22.0. The molecule has 41 heavy (non-hydrogen) atoms. The molecule has 0 bridgehead atoms. The Bertz CT molecular complexity index is 2410. The van der Waals surface area contributed by atoms with Gasteiger partial charge in [-0.05, 0) is 70.8 Å². The van der Waals surface area contributed by atoms with Gasteiger partial charge in [-0.3, -0.25) is 0 Å². The summed E-state index contributed by atoms with van der Waals surface area (Å²) < 4.78 is 11.2. The Morgan fingerprint density at radius 1 is 0.463 bits per heavy atom. The van der Waals surface area contributed by atoms with E-state index in [0.29, 0.717) is 0 Å². The zero-order chi connectivity index (χ0) is 26.9. The fourth-order valence-corrected chi connectivity index (χ4v) is 7.46. The number of nitrogens with zero attached hydrogens (tertiary/aromatic N) is 1. The number of aromatic nitrogens is 1. The van der Waals surface area contributed by atoms with E-state index in [-0.39, 0.29) is 0 Å². The molecule has 0 aliphatic carbocycles. The van der Waals surface area contributed by atoms with E-state index < -0.39 is 0 Å². The van der Waals surface area contributed by atoms with Crippen molar-refractivity contribution in [2.75, 3.05) is 0 Å². The maximum atomic E-state index is 6.14. The average Bonchev–Trinajstić information content (AvgIpc) is 3.69. The van der Waals surface area contributed by atoms with Crippen LogP contribution >= 0.6 is 11.3 Å². The highest BCUT2D eigenvalue weighted by Gasteiger charge is 2.18. The van der Waals surface area contributed by atoms with E-state index in [2.05, 4.69) is 132 Å². The molecule has 0 saturated carbocycles. The van der Waals surface area contributed by atoms with Gasteiger partial charge in [-0.1, -0.05) is 91.0 Å². The van der Waals surface area contributed by atoms with Crippen molar-refractivity contribution in [3.05, 3.63) is 140 Å². The molecule has 0 aliphatic rings. The molecule has 3 heteroatoms. The van der Waals surface area contributed by atoms with Gasteiger partial charge in [0.25, 0.3) is 0 Å². The van der Waals surface area contributed by atoms with Crippen molar-refractivity contribution >= 4 is 64.5 Å². The summed E-state index contributed by atoms with van der Waals surface area (Å²) >= 11 is 1.88. The summed E-state index contributed by atoms with van der Waals surface area (Å²) in [5.41, 5.74) is 10.4. The lowest BCUT2D eigenvalue weighted by atomic mass is 9.99. The molecule has 0 fully saturated rings. The van der Waals surface area contributed by atoms with Crippen molar-refractivity contribution < 1.29 is 4.42 Å². The van der Waals surface area contributed by atoms with Crippen molar-refractivity contribution in [2.45, 2.75) is 0 Å². The minimum absolute atomic E-state index is 0.925. The van der Waals surface area contributed by atoms with Gasteiger partial charge >= 0.3 is 0 Å². The van der Waals surface area contributed by atoms with Gasteiger partial charge in [-0.2, -0.15) is 0 Å². The van der Waals surface area contributed by atoms with E-state index in [4.69, 9.17) is 4.42 Å². The fourth-order valence-electron chi connectivity index (χ4n) is 6.26. The molecule has 0 spiro atoms. The Hall–Kier alpha value is -5.12. The Balaban J connectivity index is 1.16. The molecule has 9 rings (SSSR count). The van der Waals surface area contributed by atoms with Crippen molar-refractivity contribution in [2.24, 2.45) is 0 Å². The van der Waals surface area contributed by atoms with Crippen LogP contribution in [-0.2, 0) is 0 Å². The molecule has 3 aromatic heterocycles. The van der Waals surface area contributed by atoms with Crippen LogP contribution in [0.4, 0.5) is 0 Å². The first kappa shape index (κ1) is 22.7. The van der Waals surface area contributed by atoms with Gasteiger partial charge in [-0.15, -0.1) is 11.3 Å². The summed E-state index contributed by atoms with van der Waals surface area (Å²) in [6.45, 7) is 0. The maximum absolute atomic E-state index is 6.14. The molecule has 0 unspecified atom stereocenters. The van der Waals surface area contributed by atoms with Crippen LogP contribution in [0.2, 0.25) is 0 Å². The van der Waals surface area contributed by atoms with Crippen molar-refractivity contribution in [3.63, 3.8) is 0 Å². The molecule has 0 saturated heterocycles. The first-order valence-corrected chi connectivity index (χ1v) is 14.7. The summed E-state index contributed by atoms with van der Waals surface area (Å²) in [6, 6.07) is 50.0. The number of benzene rings is 6. The van der Waals surface area contributed by atoms with Crippen molar-refractivity contribution in [3.8, 4) is 27.9 Å². The highest BCUT2D eigenvalue weighted by Crippen LogP contribution is 2.43. The predicted octanol–water partition coefficient (Wildman–Crippen LogP) is 11.2. The van der Waals surface area contributed by atoms with E-state index in [1.165, 1.54) is 53.6 Å². The predicted molar refractivity (Wildman–Crippen MR) is 174 cm³/mol. The third-order valence-electron chi connectivity index (χ3n) is 8.22. The van der Waals surface area contributed by atoms with Gasteiger partial charge in [0.1, 0.15) is 11.2 Å². The van der Waals surface area contributed by atoms with Gasteiger partial charge in [0.15, 0.2) is 0 Å². The van der Waals surface area contributed by atoms with E-state index in [0.717, 1.165) is 27.5 Å². The second kappa shape index (κ2) is 8.69. The molecule has 0 N–H and O–H groups in total. The molecule has 2 nitrogen and oxygen atoms in total. The number of para-hydroxylation sites is 3. The molecule has 0 radical (unpaired) electrons. The Morgan fingerprint density at radius 3 is 1.93 bits per heavy atom. The number of hydrogen-bond acceptors (Lipinski definition) is 2. The fraction of sp³-hybridized carbons (Fsp3) is 0. The van der Waals surface area contributed by atoms with E-state index in [9.17, 15) is 0 Å². The highest BCUT2D eigenvalue weighted by molar-refractivity contribution is 7.26. The molecule has 0 aliphatic heterocycles. The van der Waals surface area contributed by atoms with Crippen LogP contribution in [0.3, 0.4) is 0 Å². The van der Waals surface area contributed by atoms with Crippen molar-refractivity contribution in [1.82, 2.24) is 4.57 Å². The number of rotatable bonds is 3. The Kier molecular flexibility index (Phi) is 4.80. The van der Waals surface area contributed by atoms with Crippen LogP contribution < -0.4 is 0 Å². The second-order valence-electron chi connectivity index (χ2n) is 10.6. The molecule has 3 heterocycles. The van der Waals surface area contributed by atoms with Crippen LogP contribution in [0, 0.1) is 0 Å². The normalized spacial score (nSPS) is 11.9.